The van der Waals surface area contributed by atoms with E-state index in [0.29, 0.717) is 5.92 Å². The Morgan fingerprint density at radius 2 is 1.82 bits per heavy atom. The highest BCUT2D eigenvalue weighted by Gasteiger charge is 2.16. The van der Waals surface area contributed by atoms with Gasteiger partial charge in [0.15, 0.2) is 0 Å². The number of nitrogens with one attached hydrogen (secondary N) is 1. The van der Waals surface area contributed by atoms with Crippen LogP contribution in [0.2, 0.25) is 0 Å². The lowest BCUT2D eigenvalue weighted by molar-refractivity contribution is -0.123. The molecule has 0 aliphatic rings. The number of amides is 1. The van der Waals surface area contributed by atoms with Crippen molar-refractivity contribution in [3.05, 3.63) is 29.8 Å². The topological polar surface area (TPSA) is 64.3 Å². The van der Waals surface area contributed by atoms with Crippen LogP contribution in [-0.4, -0.2) is 25.1 Å². The molecule has 0 radical (unpaired) electrons. The Hall–Kier alpha value is -1.26. The van der Waals surface area contributed by atoms with E-state index in [1.165, 1.54) is 5.56 Å². The zero-order chi connectivity index (χ0) is 15.8. The van der Waals surface area contributed by atoms with E-state index < -0.39 is 6.04 Å². The summed E-state index contributed by atoms with van der Waals surface area (Å²) in [6, 6.07) is 7.73. The fourth-order valence-electron chi connectivity index (χ4n) is 2.21. The molecule has 1 aromatic rings. The molecule has 0 saturated heterocycles. The SMILES string of the molecule is COc1ccc(CCC(C)NC(=O)[C@@H](N)CC(C)C)cc1.Cl. The van der Waals surface area contributed by atoms with Crippen LogP contribution >= 0.6 is 12.4 Å². The molecule has 0 heterocycles. The summed E-state index contributed by atoms with van der Waals surface area (Å²) >= 11 is 0. The van der Waals surface area contributed by atoms with Crippen molar-refractivity contribution in [2.75, 3.05) is 7.11 Å². The minimum atomic E-state index is -0.409. The second-order valence-electron chi connectivity index (χ2n) is 6.03. The third-order valence-corrected chi connectivity index (χ3v) is 3.48. The fourth-order valence-corrected chi connectivity index (χ4v) is 2.21. The van der Waals surface area contributed by atoms with Crippen molar-refractivity contribution < 1.29 is 9.53 Å². The molecule has 1 rings (SSSR count). The number of hydrogen-bond donors (Lipinski definition) is 2. The van der Waals surface area contributed by atoms with E-state index in [2.05, 4.69) is 31.3 Å². The van der Waals surface area contributed by atoms with Crippen LogP contribution in [0.5, 0.6) is 5.75 Å². The molecule has 0 aliphatic carbocycles. The first-order valence-corrected chi connectivity index (χ1v) is 7.61. The van der Waals surface area contributed by atoms with Crippen molar-refractivity contribution in [3.8, 4) is 5.75 Å². The molecule has 0 aromatic heterocycles. The number of ether oxygens (including phenoxy) is 1. The molecule has 0 saturated carbocycles. The summed E-state index contributed by atoms with van der Waals surface area (Å²) in [7, 11) is 1.66. The van der Waals surface area contributed by atoms with Crippen molar-refractivity contribution in [2.45, 2.75) is 52.1 Å². The highest BCUT2D eigenvalue weighted by atomic mass is 35.5. The summed E-state index contributed by atoms with van der Waals surface area (Å²) in [5, 5.41) is 2.99. The van der Waals surface area contributed by atoms with Crippen molar-refractivity contribution in [1.82, 2.24) is 5.32 Å². The molecule has 22 heavy (non-hydrogen) atoms. The highest BCUT2D eigenvalue weighted by Crippen LogP contribution is 2.13. The predicted octanol–water partition coefficient (Wildman–Crippen LogP) is 2.93. The molecule has 3 N–H and O–H groups in total. The van der Waals surface area contributed by atoms with Crippen LogP contribution in [0.1, 0.15) is 39.2 Å². The maximum absolute atomic E-state index is 11.9. The third kappa shape index (κ3) is 7.66. The van der Waals surface area contributed by atoms with Gasteiger partial charge in [-0.25, -0.2) is 0 Å². The van der Waals surface area contributed by atoms with Crippen molar-refractivity contribution in [3.63, 3.8) is 0 Å². The van der Waals surface area contributed by atoms with Gasteiger partial charge in [-0.05, 0) is 49.8 Å². The van der Waals surface area contributed by atoms with Gasteiger partial charge in [0.1, 0.15) is 5.75 Å². The number of carbonyl (C=O) groups is 1. The van der Waals surface area contributed by atoms with E-state index in [4.69, 9.17) is 10.5 Å². The van der Waals surface area contributed by atoms with Crippen molar-refractivity contribution in [1.29, 1.82) is 0 Å². The summed E-state index contributed by atoms with van der Waals surface area (Å²) in [6.07, 6.45) is 2.54. The summed E-state index contributed by atoms with van der Waals surface area (Å²) in [5.41, 5.74) is 7.12. The van der Waals surface area contributed by atoms with Gasteiger partial charge in [-0.2, -0.15) is 0 Å². The number of benzene rings is 1. The number of halogens is 1. The van der Waals surface area contributed by atoms with E-state index in [0.717, 1.165) is 25.0 Å². The number of carbonyl (C=O) groups excluding carboxylic acids is 1. The Balaban J connectivity index is 0.00000441. The van der Waals surface area contributed by atoms with Gasteiger partial charge in [-0.3, -0.25) is 4.79 Å². The van der Waals surface area contributed by atoms with Gasteiger partial charge in [0.25, 0.3) is 0 Å². The highest BCUT2D eigenvalue weighted by molar-refractivity contribution is 5.85. The van der Waals surface area contributed by atoms with Gasteiger partial charge in [0.05, 0.1) is 13.2 Å². The third-order valence-electron chi connectivity index (χ3n) is 3.48. The number of aryl methyl sites for hydroxylation is 1. The second kappa shape index (κ2) is 10.5. The molecule has 0 bridgehead atoms. The van der Waals surface area contributed by atoms with Gasteiger partial charge in [-0.15, -0.1) is 12.4 Å². The zero-order valence-electron chi connectivity index (χ0n) is 14.0. The molecule has 0 fully saturated rings. The molecule has 5 heteroatoms. The number of hydrogen-bond acceptors (Lipinski definition) is 3. The standard InChI is InChI=1S/C17H28N2O2.ClH/c1-12(2)11-16(18)17(20)19-13(3)5-6-14-7-9-15(21-4)10-8-14;/h7-10,12-13,16H,5-6,11,18H2,1-4H3,(H,19,20);1H/t13?,16-;/m0./s1. The van der Waals surface area contributed by atoms with Crippen LogP contribution in [0, 0.1) is 5.92 Å². The van der Waals surface area contributed by atoms with Crippen LogP contribution in [0.15, 0.2) is 24.3 Å². The average Bonchev–Trinajstić information content (AvgIpc) is 2.44. The first kappa shape index (κ1) is 20.7. The molecule has 2 atom stereocenters. The molecular formula is C17H29ClN2O2. The van der Waals surface area contributed by atoms with Gasteiger partial charge >= 0.3 is 0 Å². The monoisotopic (exact) mass is 328 g/mol. The Kier molecular flexibility index (Phi) is 9.86. The first-order valence-electron chi connectivity index (χ1n) is 7.61. The lowest BCUT2D eigenvalue weighted by atomic mass is 10.0. The molecule has 0 spiro atoms. The normalized spacial score (nSPS) is 13.2. The Morgan fingerprint density at radius 1 is 1.23 bits per heavy atom. The van der Waals surface area contributed by atoms with E-state index in [1.54, 1.807) is 7.11 Å². The fraction of sp³-hybridized carbons (Fsp3) is 0.588. The number of rotatable bonds is 8. The van der Waals surface area contributed by atoms with E-state index >= 15 is 0 Å². The Bertz CT molecular complexity index is 435. The second-order valence-corrected chi connectivity index (χ2v) is 6.03. The van der Waals surface area contributed by atoms with Gasteiger partial charge in [0.2, 0.25) is 5.91 Å². The summed E-state index contributed by atoms with van der Waals surface area (Å²) in [5.74, 6) is 1.24. The van der Waals surface area contributed by atoms with E-state index in [9.17, 15) is 4.79 Å². The minimum Gasteiger partial charge on any atom is -0.497 e. The Morgan fingerprint density at radius 3 is 2.32 bits per heavy atom. The summed E-state index contributed by atoms with van der Waals surface area (Å²) < 4.78 is 5.13. The first-order chi connectivity index (χ1) is 9.92. The number of methoxy groups -OCH3 is 1. The molecule has 126 valence electrons. The van der Waals surface area contributed by atoms with E-state index in [1.807, 2.05) is 19.1 Å². The van der Waals surface area contributed by atoms with Gasteiger partial charge in [0, 0.05) is 6.04 Å². The van der Waals surface area contributed by atoms with Crippen LogP contribution in [0.25, 0.3) is 0 Å². The lowest BCUT2D eigenvalue weighted by Gasteiger charge is -2.18. The van der Waals surface area contributed by atoms with Crippen LogP contribution in [-0.2, 0) is 11.2 Å². The van der Waals surface area contributed by atoms with Crippen LogP contribution < -0.4 is 15.8 Å². The van der Waals surface area contributed by atoms with E-state index in [-0.39, 0.29) is 24.4 Å². The van der Waals surface area contributed by atoms with Crippen molar-refractivity contribution >= 4 is 18.3 Å². The average molecular weight is 329 g/mol. The largest absolute Gasteiger partial charge is 0.497 e. The zero-order valence-corrected chi connectivity index (χ0v) is 14.8. The predicted molar refractivity (Wildman–Crippen MR) is 93.6 cm³/mol. The minimum absolute atomic E-state index is 0. The Labute approximate surface area is 140 Å². The summed E-state index contributed by atoms with van der Waals surface area (Å²) in [6.45, 7) is 6.16. The smallest absolute Gasteiger partial charge is 0.237 e. The molecule has 1 unspecified atom stereocenters. The van der Waals surface area contributed by atoms with Gasteiger partial charge < -0.3 is 15.8 Å². The van der Waals surface area contributed by atoms with Gasteiger partial charge in [-0.1, -0.05) is 26.0 Å². The van der Waals surface area contributed by atoms with Crippen LogP contribution in [0.4, 0.5) is 0 Å². The quantitative estimate of drug-likeness (QED) is 0.771. The molecule has 1 aromatic carbocycles. The molecule has 1 amide bonds. The summed E-state index contributed by atoms with van der Waals surface area (Å²) in [4.78, 5) is 11.9. The maximum atomic E-state index is 11.9. The number of nitrogens with two attached hydrogens (primary N) is 1. The van der Waals surface area contributed by atoms with Crippen molar-refractivity contribution in [2.24, 2.45) is 11.7 Å². The van der Waals surface area contributed by atoms with Crippen LogP contribution in [0.3, 0.4) is 0 Å². The maximum Gasteiger partial charge on any atom is 0.237 e. The molecule has 4 nitrogen and oxygen atoms in total. The molecule has 0 aliphatic heterocycles. The molecular weight excluding hydrogens is 300 g/mol. The lowest BCUT2D eigenvalue weighted by Crippen LogP contribution is -2.45.